The first-order chi connectivity index (χ1) is 6.61. The van der Waals surface area contributed by atoms with Crippen molar-refractivity contribution in [3.8, 4) is 0 Å². The Kier molecular flexibility index (Phi) is 3.83. The lowest BCUT2D eigenvalue weighted by molar-refractivity contribution is -0.127. The first-order valence-electron chi connectivity index (χ1n) is 4.39. The van der Waals surface area contributed by atoms with Gasteiger partial charge in [-0.2, -0.15) is 0 Å². The van der Waals surface area contributed by atoms with Gasteiger partial charge >= 0.3 is 0 Å². The summed E-state index contributed by atoms with van der Waals surface area (Å²) in [5.74, 6) is 0.0945. The molecular weight excluding hydrogens is 198 g/mol. The van der Waals surface area contributed by atoms with Gasteiger partial charge in [0, 0.05) is 26.9 Å². The van der Waals surface area contributed by atoms with E-state index in [4.69, 9.17) is 0 Å². The van der Waals surface area contributed by atoms with Crippen LogP contribution >= 0.6 is 11.3 Å². The van der Waals surface area contributed by atoms with Gasteiger partial charge in [-0.1, -0.05) is 6.07 Å². The average Bonchev–Trinajstić information content (AvgIpc) is 2.66. The summed E-state index contributed by atoms with van der Waals surface area (Å²) in [7, 11) is 1.70. The summed E-state index contributed by atoms with van der Waals surface area (Å²) in [4.78, 5) is 24.7. The third-order valence-electron chi connectivity index (χ3n) is 2.01. The van der Waals surface area contributed by atoms with Crippen molar-refractivity contribution in [2.75, 3.05) is 13.6 Å². The Hall–Kier alpha value is -1.16. The van der Waals surface area contributed by atoms with Crippen molar-refractivity contribution in [2.45, 2.75) is 13.3 Å². The SMILES string of the molecule is CC(=O)N(C)CCC(=O)c1cccs1. The predicted molar refractivity (Wildman–Crippen MR) is 56.6 cm³/mol. The fraction of sp³-hybridized carbons (Fsp3) is 0.400. The number of Topliss-reactive ketones (excluding diaryl/α,β-unsaturated/α-hetero) is 1. The Morgan fingerprint density at radius 1 is 1.50 bits per heavy atom. The molecule has 0 atom stereocenters. The monoisotopic (exact) mass is 211 g/mol. The van der Waals surface area contributed by atoms with Gasteiger partial charge in [0.1, 0.15) is 0 Å². The molecule has 1 aromatic rings. The van der Waals surface area contributed by atoms with Crippen LogP contribution in [0.4, 0.5) is 0 Å². The molecule has 0 bridgehead atoms. The van der Waals surface area contributed by atoms with Crippen LogP contribution in [0.2, 0.25) is 0 Å². The normalized spacial score (nSPS) is 9.86. The van der Waals surface area contributed by atoms with Crippen LogP contribution in [0.25, 0.3) is 0 Å². The van der Waals surface area contributed by atoms with Gasteiger partial charge in [-0.15, -0.1) is 11.3 Å². The molecule has 3 nitrogen and oxygen atoms in total. The van der Waals surface area contributed by atoms with E-state index in [9.17, 15) is 9.59 Å². The van der Waals surface area contributed by atoms with E-state index >= 15 is 0 Å². The third kappa shape index (κ3) is 2.96. The van der Waals surface area contributed by atoms with Crippen molar-refractivity contribution >= 4 is 23.0 Å². The van der Waals surface area contributed by atoms with Gasteiger partial charge in [-0.3, -0.25) is 9.59 Å². The lowest BCUT2D eigenvalue weighted by Gasteiger charge is -2.13. The van der Waals surface area contributed by atoms with Crippen LogP contribution in [-0.4, -0.2) is 30.2 Å². The summed E-state index contributed by atoms with van der Waals surface area (Å²) >= 11 is 1.44. The molecule has 1 aromatic heterocycles. The second-order valence-electron chi connectivity index (χ2n) is 3.09. The van der Waals surface area contributed by atoms with Crippen LogP contribution < -0.4 is 0 Å². The van der Waals surface area contributed by atoms with E-state index in [2.05, 4.69) is 0 Å². The van der Waals surface area contributed by atoms with E-state index in [1.54, 1.807) is 18.0 Å². The van der Waals surface area contributed by atoms with E-state index in [1.807, 2.05) is 11.4 Å². The zero-order valence-electron chi connectivity index (χ0n) is 8.32. The smallest absolute Gasteiger partial charge is 0.219 e. The Morgan fingerprint density at radius 2 is 2.21 bits per heavy atom. The van der Waals surface area contributed by atoms with E-state index in [1.165, 1.54) is 18.3 Å². The lowest BCUT2D eigenvalue weighted by Crippen LogP contribution is -2.26. The fourth-order valence-electron chi connectivity index (χ4n) is 0.987. The molecule has 14 heavy (non-hydrogen) atoms. The zero-order valence-corrected chi connectivity index (χ0v) is 9.13. The van der Waals surface area contributed by atoms with Crippen LogP contribution in [0, 0.1) is 0 Å². The number of hydrogen-bond acceptors (Lipinski definition) is 3. The van der Waals surface area contributed by atoms with Crippen LogP contribution in [0.1, 0.15) is 23.0 Å². The summed E-state index contributed by atoms with van der Waals surface area (Å²) in [5, 5.41) is 1.88. The molecule has 0 unspecified atom stereocenters. The highest BCUT2D eigenvalue weighted by Crippen LogP contribution is 2.11. The van der Waals surface area contributed by atoms with Gasteiger partial charge in [-0.05, 0) is 11.4 Å². The maximum absolute atomic E-state index is 11.5. The van der Waals surface area contributed by atoms with E-state index < -0.39 is 0 Å². The third-order valence-corrected chi connectivity index (χ3v) is 2.92. The summed E-state index contributed by atoms with van der Waals surface area (Å²) in [5.41, 5.74) is 0. The number of rotatable bonds is 4. The minimum absolute atomic E-state index is 0.0102. The molecule has 0 saturated heterocycles. The molecule has 0 aliphatic rings. The molecule has 0 N–H and O–H groups in total. The summed E-state index contributed by atoms with van der Waals surface area (Å²) < 4.78 is 0. The van der Waals surface area contributed by atoms with E-state index in [0.717, 1.165) is 4.88 Å². The number of amides is 1. The highest BCUT2D eigenvalue weighted by atomic mass is 32.1. The Bertz CT molecular complexity index is 319. The molecular formula is C10H13NO2S. The number of carbonyl (C=O) groups is 2. The number of nitrogens with zero attached hydrogens (tertiary/aromatic N) is 1. The molecule has 0 aromatic carbocycles. The molecule has 0 saturated carbocycles. The average molecular weight is 211 g/mol. The molecule has 1 rings (SSSR count). The molecule has 0 fully saturated rings. The van der Waals surface area contributed by atoms with E-state index in [0.29, 0.717) is 13.0 Å². The van der Waals surface area contributed by atoms with Crippen molar-refractivity contribution in [1.82, 2.24) is 4.90 Å². The van der Waals surface area contributed by atoms with Gasteiger partial charge in [0.05, 0.1) is 4.88 Å². The number of thiophene rings is 1. The Labute approximate surface area is 87.3 Å². The van der Waals surface area contributed by atoms with Crippen molar-refractivity contribution in [1.29, 1.82) is 0 Å². The molecule has 76 valence electrons. The number of ketones is 1. The quantitative estimate of drug-likeness (QED) is 0.712. The van der Waals surface area contributed by atoms with Gasteiger partial charge in [0.25, 0.3) is 0 Å². The van der Waals surface area contributed by atoms with E-state index in [-0.39, 0.29) is 11.7 Å². The summed E-state index contributed by atoms with van der Waals surface area (Å²) in [6.45, 7) is 1.99. The molecule has 1 heterocycles. The van der Waals surface area contributed by atoms with Crippen LogP contribution in [0.3, 0.4) is 0 Å². The fourth-order valence-corrected chi connectivity index (χ4v) is 1.68. The van der Waals surface area contributed by atoms with Crippen molar-refractivity contribution in [3.63, 3.8) is 0 Å². The zero-order chi connectivity index (χ0) is 10.6. The Morgan fingerprint density at radius 3 is 2.71 bits per heavy atom. The minimum Gasteiger partial charge on any atom is -0.346 e. The second kappa shape index (κ2) is 4.91. The first kappa shape index (κ1) is 10.9. The van der Waals surface area contributed by atoms with Crippen LogP contribution in [0.15, 0.2) is 17.5 Å². The van der Waals surface area contributed by atoms with Crippen LogP contribution in [0.5, 0.6) is 0 Å². The highest BCUT2D eigenvalue weighted by molar-refractivity contribution is 7.12. The lowest BCUT2D eigenvalue weighted by atomic mass is 10.2. The van der Waals surface area contributed by atoms with Crippen molar-refractivity contribution in [3.05, 3.63) is 22.4 Å². The second-order valence-corrected chi connectivity index (χ2v) is 4.04. The number of carbonyl (C=O) groups excluding carboxylic acids is 2. The standard InChI is InChI=1S/C10H13NO2S/c1-8(12)11(2)6-5-9(13)10-4-3-7-14-10/h3-4,7H,5-6H2,1-2H3. The molecule has 1 amide bonds. The topological polar surface area (TPSA) is 37.4 Å². The maximum atomic E-state index is 11.5. The molecule has 0 radical (unpaired) electrons. The Balaban J connectivity index is 2.40. The molecule has 0 spiro atoms. The van der Waals surface area contributed by atoms with Gasteiger partial charge in [0.15, 0.2) is 5.78 Å². The van der Waals surface area contributed by atoms with Crippen LogP contribution in [-0.2, 0) is 4.79 Å². The molecule has 0 aliphatic heterocycles. The maximum Gasteiger partial charge on any atom is 0.219 e. The largest absolute Gasteiger partial charge is 0.346 e. The number of hydrogen-bond donors (Lipinski definition) is 0. The predicted octanol–water partition coefficient (Wildman–Crippen LogP) is 1.80. The van der Waals surface area contributed by atoms with Crippen molar-refractivity contribution in [2.24, 2.45) is 0 Å². The molecule has 4 heteroatoms. The van der Waals surface area contributed by atoms with Gasteiger partial charge in [-0.25, -0.2) is 0 Å². The highest BCUT2D eigenvalue weighted by Gasteiger charge is 2.09. The first-order valence-corrected chi connectivity index (χ1v) is 5.27. The summed E-state index contributed by atoms with van der Waals surface area (Å²) in [6.07, 6.45) is 0.399. The minimum atomic E-state index is -0.0102. The van der Waals surface area contributed by atoms with Gasteiger partial charge < -0.3 is 4.90 Å². The van der Waals surface area contributed by atoms with Crippen molar-refractivity contribution < 1.29 is 9.59 Å². The van der Waals surface area contributed by atoms with Gasteiger partial charge in [0.2, 0.25) is 5.91 Å². The summed E-state index contributed by atoms with van der Waals surface area (Å²) in [6, 6.07) is 3.66. The molecule has 0 aliphatic carbocycles.